The van der Waals surface area contributed by atoms with Crippen molar-refractivity contribution in [3.8, 4) is 22.7 Å². The molecule has 4 heterocycles. The summed E-state index contributed by atoms with van der Waals surface area (Å²) in [4.78, 5) is 34.2. The lowest BCUT2D eigenvalue weighted by Crippen LogP contribution is -2.38. The Hall–Kier alpha value is -6.58. The number of methoxy groups -OCH3 is 1. The normalized spacial score (nSPS) is 15.3. The van der Waals surface area contributed by atoms with Crippen LogP contribution in [0, 0.1) is 0 Å². The molecule has 2 aliphatic rings. The Morgan fingerprint density at radius 1 is 0.830 bits per heavy atom. The molecule has 0 spiro atoms. The van der Waals surface area contributed by atoms with E-state index in [-0.39, 0.29) is 11.6 Å². The SMILES string of the molecule is COc1ccc2c(c1)CCC1=C2N=c2sc(=Cc3cn(-c4ccccc4)nc3-c3cc4ccccc4oc3=O)c(=O)n2C1c1cccc2ccccc12. The van der Waals surface area contributed by atoms with Gasteiger partial charge in [-0.05, 0) is 88.9 Å². The summed E-state index contributed by atoms with van der Waals surface area (Å²) in [7, 11) is 1.68. The Balaban J connectivity index is 1.22. The number of nitrogens with zero attached hydrogens (tertiary/aromatic N) is 4. The molecule has 9 heteroatoms. The van der Waals surface area contributed by atoms with Crippen LogP contribution in [0.4, 0.5) is 0 Å². The number of rotatable bonds is 5. The molecule has 1 unspecified atom stereocenters. The predicted molar refractivity (Wildman–Crippen MR) is 208 cm³/mol. The Morgan fingerprint density at radius 2 is 1.62 bits per heavy atom. The van der Waals surface area contributed by atoms with Crippen LogP contribution >= 0.6 is 11.3 Å². The molecule has 1 aliphatic heterocycles. The minimum absolute atomic E-state index is 0.150. The molecule has 53 heavy (non-hydrogen) atoms. The summed E-state index contributed by atoms with van der Waals surface area (Å²) in [5.41, 5.74) is 7.33. The molecule has 3 aromatic heterocycles. The van der Waals surface area contributed by atoms with Crippen LogP contribution in [0.5, 0.6) is 5.75 Å². The van der Waals surface area contributed by atoms with Crippen molar-refractivity contribution in [2.75, 3.05) is 7.11 Å². The molecule has 0 amide bonds. The van der Waals surface area contributed by atoms with E-state index in [0.717, 1.165) is 62.8 Å². The molecule has 1 atom stereocenters. The highest BCUT2D eigenvalue weighted by atomic mass is 32.1. The van der Waals surface area contributed by atoms with Crippen molar-refractivity contribution in [2.24, 2.45) is 4.99 Å². The maximum atomic E-state index is 14.8. The average molecular weight is 711 g/mol. The second-order valence-electron chi connectivity index (χ2n) is 13.2. The van der Waals surface area contributed by atoms with E-state index >= 15 is 0 Å². The predicted octanol–water partition coefficient (Wildman–Crippen LogP) is 7.44. The van der Waals surface area contributed by atoms with Gasteiger partial charge in [0.2, 0.25) is 0 Å². The fourth-order valence-corrected chi connectivity index (χ4v) is 8.73. The Bertz CT molecular complexity index is 3060. The number of thiazole rings is 1. The van der Waals surface area contributed by atoms with E-state index in [1.165, 1.54) is 16.9 Å². The van der Waals surface area contributed by atoms with Crippen LogP contribution in [0.25, 0.3) is 50.5 Å². The van der Waals surface area contributed by atoms with Crippen LogP contribution in [0.1, 0.15) is 34.7 Å². The maximum absolute atomic E-state index is 14.8. The molecule has 0 saturated carbocycles. The van der Waals surface area contributed by atoms with Crippen molar-refractivity contribution in [1.82, 2.24) is 14.3 Å². The number of ether oxygens (including phenoxy) is 1. The standard InChI is InChI=1S/C44H30N4O4S/c1-51-31-19-21-33-27(22-31)18-20-35-40(33)45-44-48(41(35)34-16-9-12-26-10-5-7-15-32(26)34)42(49)38(53-44)24-29-25-47(30-13-3-2-4-14-30)46-39(29)36-23-28-11-6-8-17-37(28)52-43(36)50/h2-17,19,21-25,41H,18,20H2,1H3. The quantitative estimate of drug-likeness (QED) is 0.173. The van der Waals surface area contributed by atoms with Crippen LogP contribution in [-0.4, -0.2) is 21.5 Å². The number of aromatic nitrogens is 3. The number of para-hydroxylation sites is 2. The Morgan fingerprint density at radius 3 is 2.49 bits per heavy atom. The minimum atomic E-state index is -0.503. The smallest absolute Gasteiger partial charge is 0.345 e. The van der Waals surface area contributed by atoms with Crippen LogP contribution in [0.15, 0.2) is 152 Å². The number of hydrogen-bond acceptors (Lipinski definition) is 7. The van der Waals surface area contributed by atoms with E-state index in [1.807, 2.05) is 83.6 Å². The van der Waals surface area contributed by atoms with Gasteiger partial charge >= 0.3 is 5.63 Å². The first kappa shape index (κ1) is 31.2. The first-order chi connectivity index (χ1) is 26.0. The highest BCUT2D eigenvalue weighted by Gasteiger charge is 2.33. The highest BCUT2D eigenvalue weighted by Crippen LogP contribution is 2.43. The number of benzene rings is 5. The first-order valence-corrected chi connectivity index (χ1v) is 18.2. The Labute approximate surface area is 306 Å². The van der Waals surface area contributed by atoms with E-state index in [9.17, 15) is 9.59 Å². The van der Waals surface area contributed by atoms with Crippen LogP contribution in [0.3, 0.4) is 0 Å². The summed E-state index contributed by atoms with van der Waals surface area (Å²) >= 11 is 1.35. The highest BCUT2D eigenvalue weighted by molar-refractivity contribution is 7.07. The van der Waals surface area contributed by atoms with Crippen LogP contribution in [-0.2, 0) is 6.42 Å². The van der Waals surface area contributed by atoms with Gasteiger partial charge in [0.1, 0.15) is 17.0 Å². The van der Waals surface area contributed by atoms with Crippen molar-refractivity contribution < 1.29 is 9.15 Å². The molecule has 0 bridgehead atoms. The van der Waals surface area contributed by atoms with E-state index in [1.54, 1.807) is 23.9 Å². The molecule has 0 saturated heterocycles. The van der Waals surface area contributed by atoms with Gasteiger partial charge in [-0.25, -0.2) is 14.5 Å². The molecular weight excluding hydrogens is 681 g/mol. The van der Waals surface area contributed by atoms with Gasteiger partial charge < -0.3 is 9.15 Å². The molecule has 0 fully saturated rings. The van der Waals surface area contributed by atoms with Crippen molar-refractivity contribution in [3.05, 3.63) is 185 Å². The molecule has 256 valence electrons. The van der Waals surface area contributed by atoms with Crippen LogP contribution < -0.4 is 25.3 Å². The van der Waals surface area contributed by atoms with Crippen molar-refractivity contribution >= 4 is 44.9 Å². The zero-order chi connectivity index (χ0) is 35.6. The number of aryl methyl sites for hydroxylation is 1. The van der Waals surface area contributed by atoms with Gasteiger partial charge in [-0.1, -0.05) is 90.2 Å². The number of hydrogen-bond donors (Lipinski definition) is 0. The van der Waals surface area contributed by atoms with Crippen molar-refractivity contribution in [1.29, 1.82) is 0 Å². The van der Waals surface area contributed by atoms with Crippen LogP contribution in [0.2, 0.25) is 0 Å². The third kappa shape index (κ3) is 5.11. The van der Waals surface area contributed by atoms with E-state index < -0.39 is 5.63 Å². The van der Waals surface area contributed by atoms with Gasteiger partial charge in [-0.15, -0.1) is 0 Å². The van der Waals surface area contributed by atoms with Crippen molar-refractivity contribution in [2.45, 2.75) is 18.9 Å². The summed E-state index contributed by atoms with van der Waals surface area (Å²) < 4.78 is 15.4. The zero-order valence-electron chi connectivity index (χ0n) is 28.5. The fraction of sp³-hybridized carbons (Fsp3) is 0.0909. The van der Waals surface area contributed by atoms with Gasteiger partial charge in [0.05, 0.1) is 34.6 Å². The Kier molecular flexibility index (Phi) is 7.23. The molecule has 1 aliphatic carbocycles. The molecule has 5 aromatic carbocycles. The molecule has 0 radical (unpaired) electrons. The lowest BCUT2D eigenvalue weighted by molar-refractivity contribution is 0.414. The molecular formula is C44H30N4O4S. The van der Waals surface area contributed by atoms with Gasteiger partial charge in [0, 0.05) is 22.7 Å². The third-order valence-corrected chi connectivity index (χ3v) is 11.2. The maximum Gasteiger partial charge on any atom is 0.345 e. The number of fused-ring (bicyclic) bond motifs is 5. The summed E-state index contributed by atoms with van der Waals surface area (Å²) in [6, 6.07) is 39.3. The average Bonchev–Trinajstić information content (AvgIpc) is 3.76. The first-order valence-electron chi connectivity index (χ1n) is 17.4. The van der Waals surface area contributed by atoms with Gasteiger partial charge in [-0.2, -0.15) is 5.10 Å². The fourth-order valence-electron chi connectivity index (χ4n) is 7.74. The molecule has 10 rings (SSSR count). The second-order valence-corrected chi connectivity index (χ2v) is 14.3. The number of allylic oxidation sites excluding steroid dienone is 1. The van der Waals surface area contributed by atoms with E-state index in [2.05, 4.69) is 42.5 Å². The monoisotopic (exact) mass is 710 g/mol. The summed E-state index contributed by atoms with van der Waals surface area (Å²) in [5.74, 6) is 0.812. The lowest BCUT2D eigenvalue weighted by Gasteiger charge is -2.31. The van der Waals surface area contributed by atoms with Gasteiger partial charge in [0.15, 0.2) is 4.80 Å². The summed E-state index contributed by atoms with van der Waals surface area (Å²) in [6.45, 7) is 0. The molecule has 8 aromatic rings. The minimum Gasteiger partial charge on any atom is -0.497 e. The molecule has 0 N–H and O–H groups in total. The lowest BCUT2D eigenvalue weighted by atomic mass is 9.82. The van der Waals surface area contributed by atoms with Gasteiger partial charge in [-0.3, -0.25) is 9.36 Å². The zero-order valence-corrected chi connectivity index (χ0v) is 29.3. The third-order valence-electron chi connectivity index (χ3n) is 10.2. The van der Waals surface area contributed by atoms with E-state index in [0.29, 0.717) is 31.7 Å². The summed E-state index contributed by atoms with van der Waals surface area (Å²) in [6.07, 6.45) is 5.25. The topological polar surface area (TPSA) is 91.6 Å². The largest absolute Gasteiger partial charge is 0.497 e. The second kappa shape index (κ2) is 12.3. The van der Waals surface area contributed by atoms with Crippen molar-refractivity contribution in [3.63, 3.8) is 0 Å². The summed E-state index contributed by atoms with van der Waals surface area (Å²) in [5, 5.41) is 7.88. The molecule has 8 nitrogen and oxygen atoms in total. The van der Waals surface area contributed by atoms with Gasteiger partial charge in [0.25, 0.3) is 5.56 Å². The van der Waals surface area contributed by atoms with E-state index in [4.69, 9.17) is 19.2 Å².